The van der Waals surface area contributed by atoms with E-state index in [-0.39, 0.29) is 5.91 Å². The molecule has 0 aliphatic carbocycles. The van der Waals surface area contributed by atoms with Crippen LogP contribution >= 0.6 is 0 Å². The fourth-order valence-electron chi connectivity index (χ4n) is 0.980. The van der Waals surface area contributed by atoms with Crippen LogP contribution in [0.1, 0.15) is 19.2 Å². The van der Waals surface area contributed by atoms with Gasteiger partial charge in [0.05, 0.1) is 6.04 Å². The molecule has 1 heterocycles. The molecule has 6 heteroatoms. The van der Waals surface area contributed by atoms with Crippen molar-refractivity contribution in [1.82, 2.24) is 20.5 Å². The lowest BCUT2D eigenvalue weighted by atomic mass is 10.3. The van der Waals surface area contributed by atoms with Crippen LogP contribution in [0.25, 0.3) is 0 Å². The molecule has 0 saturated carbocycles. The summed E-state index contributed by atoms with van der Waals surface area (Å²) in [6, 6.07) is -0.444. The summed E-state index contributed by atoms with van der Waals surface area (Å²) >= 11 is 0. The zero-order chi connectivity index (χ0) is 10.4. The number of carbonyl (C=O) groups is 1. The van der Waals surface area contributed by atoms with E-state index in [2.05, 4.69) is 20.5 Å². The smallest absolute Gasteiger partial charge is 0.236 e. The van der Waals surface area contributed by atoms with E-state index in [1.807, 2.05) is 0 Å². The van der Waals surface area contributed by atoms with E-state index in [9.17, 15) is 4.79 Å². The van der Waals surface area contributed by atoms with Crippen LogP contribution < -0.4 is 11.1 Å². The Balaban J connectivity index is 2.08. The highest BCUT2D eigenvalue weighted by Gasteiger charge is 2.05. The summed E-state index contributed by atoms with van der Waals surface area (Å²) in [5.41, 5.74) is 5.37. The minimum atomic E-state index is -0.444. The number of H-pyrrole nitrogens is 1. The number of aromatic amines is 1. The molecule has 78 valence electrons. The van der Waals surface area contributed by atoms with Crippen molar-refractivity contribution in [1.29, 1.82) is 0 Å². The molecule has 6 nitrogen and oxygen atoms in total. The summed E-state index contributed by atoms with van der Waals surface area (Å²) in [6.07, 6.45) is 3.07. The molecule has 0 aliphatic heterocycles. The molecule has 1 aromatic rings. The molecule has 1 aromatic heterocycles. The Labute approximate surface area is 82.3 Å². The number of carbonyl (C=O) groups excluding carboxylic acids is 1. The molecular formula is C8H15N5O. The molecule has 1 amide bonds. The minimum Gasteiger partial charge on any atom is -0.355 e. The van der Waals surface area contributed by atoms with Gasteiger partial charge in [-0.05, 0) is 13.3 Å². The number of nitrogens with one attached hydrogen (secondary N) is 2. The van der Waals surface area contributed by atoms with E-state index in [1.54, 1.807) is 6.92 Å². The monoisotopic (exact) mass is 197 g/mol. The van der Waals surface area contributed by atoms with Crippen molar-refractivity contribution >= 4 is 5.91 Å². The highest BCUT2D eigenvalue weighted by Crippen LogP contribution is 1.91. The van der Waals surface area contributed by atoms with Crippen LogP contribution in [-0.4, -0.2) is 33.7 Å². The van der Waals surface area contributed by atoms with E-state index in [0.29, 0.717) is 6.54 Å². The average Bonchev–Trinajstić information content (AvgIpc) is 2.64. The average molecular weight is 197 g/mol. The zero-order valence-electron chi connectivity index (χ0n) is 8.16. The Morgan fingerprint density at radius 3 is 3.14 bits per heavy atom. The van der Waals surface area contributed by atoms with Crippen LogP contribution in [0.3, 0.4) is 0 Å². The van der Waals surface area contributed by atoms with Crippen LogP contribution in [0.4, 0.5) is 0 Å². The molecule has 4 N–H and O–H groups in total. The van der Waals surface area contributed by atoms with Crippen molar-refractivity contribution in [2.75, 3.05) is 6.54 Å². The minimum absolute atomic E-state index is 0.123. The van der Waals surface area contributed by atoms with Gasteiger partial charge in [0.15, 0.2) is 0 Å². The summed E-state index contributed by atoms with van der Waals surface area (Å²) in [4.78, 5) is 15.0. The number of aromatic nitrogens is 3. The fraction of sp³-hybridized carbons (Fsp3) is 0.625. The third-order valence-electron chi connectivity index (χ3n) is 1.77. The van der Waals surface area contributed by atoms with E-state index >= 15 is 0 Å². The molecular weight excluding hydrogens is 182 g/mol. The maximum absolute atomic E-state index is 11.0. The quantitative estimate of drug-likeness (QED) is 0.538. The van der Waals surface area contributed by atoms with Gasteiger partial charge in [0.2, 0.25) is 5.91 Å². The van der Waals surface area contributed by atoms with Crippen molar-refractivity contribution in [3.63, 3.8) is 0 Å². The molecule has 1 atom stereocenters. The largest absolute Gasteiger partial charge is 0.355 e. The van der Waals surface area contributed by atoms with Crippen molar-refractivity contribution in [2.45, 2.75) is 25.8 Å². The molecule has 0 aliphatic rings. The first-order chi connectivity index (χ1) is 6.70. The molecule has 1 rings (SSSR count). The second-order valence-corrected chi connectivity index (χ2v) is 3.12. The Kier molecular flexibility index (Phi) is 4.06. The second kappa shape index (κ2) is 5.33. The van der Waals surface area contributed by atoms with Gasteiger partial charge in [0.1, 0.15) is 12.2 Å². The Bertz CT molecular complexity index is 269. The Morgan fingerprint density at radius 2 is 2.57 bits per heavy atom. The third-order valence-corrected chi connectivity index (χ3v) is 1.77. The van der Waals surface area contributed by atoms with Crippen molar-refractivity contribution in [3.05, 3.63) is 12.2 Å². The predicted octanol–water partition coefficient (Wildman–Crippen LogP) is -0.799. The number of hydrogen-bond donors (Lipinski definition) is 3. The maximum Gasteiger partial charge on any atom is 0.236 e. The Hall–Kier alpha value is -1.43. The van der Waals surface area contributed by atoms with Gasteiger partial charge in [-0.2, -0.15) is 5.10 Å². The van der Waals surface area contributed by atoms with Gasteiger partial charge >= 0.3 is 0 Å². The van der Waals surface area contributed by atoms with Crippen molar-refractivity contribution < 1.29 is 4.79 Å². The van der Waals surface area contributed by atoms with E-state index in [4.69, 9.17) is 5.73 Å². The third kappa shape index (κ3) is 3.53. The molecule has 0 spiro atoms. The number of aryl methyl sites for hydroxylation is 1. The SMILES string of the molecule is C[C@H](N)C(=O)NCCCc1ncn[nH]1. The lowest BCUT2D eigenvalue weighted by Gasteiger charge is -2.06. The molecule has 0 aromatic carbocycles. The van der Waals surface area contributed by atoms with Gasteiger partial charge in [-0.1, -0.05) is 0 Å². The lowest BCUT2D eigenvalue weighted by Crippen LogP contribution is -2.38. The summed E-state index contributed by atoms with van der Waals surface area (Å²) in [6.45, 7) is 2.27. The molecule has 14 heavy (non-hydrogen) atoms. The van der Waals surface area contributed by atoms with Gasteiger partial charge in [-0.15, -0.1) is 0 Å². The van der Waals surface area contributed by atoms with Gasteiger partial charge < -0.3 is 11.1 Å². The summed E-state index contributed by atoms with van der Waals surface area (Å²) < 4.78 is 0. The van der Waals surface area contributed by atoms with Gasteiger partial charge in [0, 0.05) is 13.0 Å². The predicted molar refractivity (Wildman–Crippen MR) is 51.4 cm³/mol. The first-order valence-electron chi connectivity index (χ1n) is 4.57. The first kappa shape index (κ1) is 10.6. The summed E-state index contributed by atoms with van der Waals surface area (Å²) in [7, 11) is 0. The van der Waals surface area contributed by atoms with Crippen LogP contribution in [-0.2, 0) is 11.2 Å². The Morgan fingerprint density at radius 1 is 1.79 bits per heavy atom. The van der Waals surface area contributed by atoms with E-state index < -0.39 is 6.04 Å². The number of hydrogen-bond acceptors (Lipinski definition) is 4. The van der Waals surface area contributed by atoms with Gasteiger partial charge in [0.25, 0.3) is 0 Å². The van der Waals surface area contributed by atoms with Crippen LogP contribution in [0.15, 0.2) is 6.33 Å². The number of nitrogens with zero attached hydrogens (tertiary/aromatic N) is 2. The molecule has 0 bridgehead atoms. The number of rotatable bonds is 5. The molecule has 0 fully saturated rings. The molecule has 0 radical (unpaired) electrons. The number of nitrogens with two attached hydrogens (primary N) is 1. The molecule has 0 saturated heterocycles. The van der Waals surface area contributed by atoms with Crippen LogP contribution in [0.2, 0.25) is 0 Å². The standard InChI is InChI=1S/C8H15N5O/c1-6(9)8(14)10-4-2-3-7-11-5-12-13-7/h5-6H,2-4,9H2,1H3,(H,10,14)(H,11,12,13)/t6-/m0/s1. The summed E-state index contributed by atoms with van der Waals surface area (Å²) in [5, 5.41) is 9.19. The van der Waals surface area contributed by atoms with Gasteiger partial charge in [-0.3, -0.25) is 9.89 Å². The van der Waals surface area contributed by atoms with Crippen LogP contribution in [0.5, 0.6) is 0 Å². The lowest BCUT2D eigenvalue weighted by molar-refractivity contribution is -0.121. The highest BCUT2D eigenvalue weighted by atomic mass is 16.2. The number of amides is 1. The zero-order valence-corrected chi connectivity index (χ0v) is 8.16. The topological polar surface area (TPSA) is 96.7 Å². The van der Waals surface area contributed by atoms with E-state index in [0.717, 1.165) is 18.7 Å². The van der Waals surface area contributed by atoms with Gasteiger partial charge in [-0.25, -0.2) is 4.98 Å². The highest BCUT2D eigenvalue weighted by molar-refractivity contribution is 5.80. The van der Waals surface area contributed by atoms with Crippen molar-refractivity contribution in [2.24, 2.45) is 5.73 Å². The molecule has 0 unspecified atom stereocenters. The maximum atomic E-state index is 11.0. The fourth-order valence-corrected chi connectivity index (χ4v) is 0.980. The van der Waals surface area contributed by atoms with E-state index in [1.165, 1.54) is 6.33 Å². The summed E-state index contributed by atoms with van der Waals surface area (Å²) in [5.74, 6) is 0.711. The first-order valence-corrected chi connectivity index (χ1v) is 4.57. The van der Waals surface area contributed by atoms with Crippen molar-refractivity contribution in [3.8, 4) is 0 Å². The normalized spacial score (nSPS) is 12.4. The second-order valence-electron chi connectivity index (χ2n) is 3.12. The van der Waals surface area contributed by atoms with Crippen LogP contribution in [0, 0.1) is 0 Å².